The van der Waals surface area contributed by atoms with E-state index in [0.717, 1.165) is 12.1 Å². The first-order valence-corrected chi connectivity index (χ1v) is 10.0. The Morgan fingerprint density at radius 1 is 1.07 bits per heavy atom. The predicted molar refractivity (Wildman–Crippen MR) is 98.8 cm³/mol. The number of rotatable bonds is 7. The predicted octanol–water partition coefficient (Wildman–Crippen LogP) is 3.53. The van der Waals surface area contributed by atoms with Gasteiger partial charge < -0.3 is 5.32 Å². The van der Waals surface area contributed by atoms with Crippen molar-refractivity contribution in [1.29, 1.82) is 0 Å². The van der Waals surface area contributed by atoms with Gasteiger partial charge in [-0.2, -0.15) is 0 Å². The highest BCUT2D eigenvalue weighted by molar-refractivity contribution is 7.89. The number of hydrogen-bond donors (Lipinski definition) is 2. The second-order valence-corrected chi connectivity index (χ2v) is 8.03. The fourth-order valence-corrected chi connectivity index (χ4v) is 3.74. The summed E-state index contributed by atoms with van der Waals surface area (Å²) in [5.41, 5.74) is 0.383. The number of nitrogens with one attached hydrogen (secondary N) is 2. The van der Waals surface area contributed by atoms with Gasteiger partial charge in [-0.15, -0.1) is 0 Å². The van der Waals surface area contributed by atoms with Crippen LogP contribution in [0.4, 0.5) is 8.78 Å². The van der Waals surface area contributed by atoms with Crippen molar-refractivity contribution >= 4 is 15.9 Å². The Hall–Kier alpha value is -2.32. The molecule has 0 heterocycles. The lowest BCUT2D eigenvalue weighted by Crippen LogP contribution is -2.32. The number of benzene rings is 2. The zero-order valence-electron chi connectivity index (χ0n) is 15.3. The number of hydrogen-bond acceptors (Lipinski definition) is 3. The lowest BCUT2D eigenvalue weighted by molar-refractivity contribution is 0.0939. The average Bonchev–Trinajstić information content (AvgIpc) is 2.61. The Morgan fingerprint density at radius 3 is 2.26 bits per heavy atom. The highest BCUT2D eigenvalue weighted by atomic mass is 32.2. The zero-order valence-corrected chi connectivity index (χ0v) is 16.1. The maximum atomic E-state index is 13.8. The molecule has 0 aliphatic heterocycles. The molecule has 0 saturated carbocycles. The summed E-state index contributed by atoms with van der Waals surface area (Å²) in [5.74, 6) is -1.94. The van der Waals surface area contributed by atoms with Crippen LogP contribution >= 0.6 is 0 Å². The second-order valence-electron chi connectivity index (χ2n) is 6.32. The van der Waals surface area contributed by atoms with Crippen LogP contribution in [0.5, 0.6) is 0 Å². The van der Waals surface area contributed by atoms with Gasteiger partial charge in [0.1, 0.15) is 11.6 Å². The van der Waals surface area contributed by atoms with E-state index in [0.29, 0.717) is 6.42 Å². The molecule has 146 valence electrons. The van der Waals surface area contributed by atoms with Crippen LogP contribution in [0.25, 0.3) is 0 Å². The maximum Gasteiger partial charge on any atom is 0.251 e. The monoisotopic (exact) mass is 396 g/mol. The van der Waals surface area contributed by atoms with E-state index in [2.05, 4.69) is 10.0 Å². The van der Waals surface area contributed by atoms with Crippen molar-refractivity contribution in [3.05, 3.63) is 65.2 Å². The third-order valence-electron chi connectivity index (χ3n) is 4.17. The first-order chi connectivity index (χ1) is 12.6. The van der Waals surface area contributed by atoms with Crippen molar-refractivity contribution in [2.45, 2.75) is 44.2 Å². The summed E-state index contributed by atoms with van der Waals surface area (Å²) in [5, 5.41) is 2.61. The molecule has 0 fully saturated rings. The van der Waals surface area contributed by atoms with Crippen LogP contribution in [0.2, 0.25) is 0 Å². The summed E-state index contributed by atoms with van der Waals surface area (Å²) in [7, 11) is -3.66. The third kappa shape index (κ3) is 5.33. The number of carbonyl (C=O) groups excluding carboxylic acids is 1. The van der Waals surface area contributed by atoms with Crippen LogP contribution in [-0.4, -0.2) is 20.4 Å². The van der Waals surface area contributed by atoms with Crippen LogP contribution in [0.3, 0.4) is 0 Å². The quantitative estimate of drug-likeness (QED) is 0.752. The highest BCUT2D eigenvalue weighted by Crippen LogP contribution is 2.19. The molecular formula is C19H22F2N2O3S. The van der Waals surface area contributed by atoms with Crippen molar-refractivity contribution in [2.24, 2.45) is 0 Å². The minimum Gasteiger partial charge on any atom is -0.345 e. The molecule has 5 nitrogen and oxygen atoms in total. The Morgan fingerprint density at radius 2 is 1.70 bits per heavy atom. The molecule has 0 saturated heterocycles. The van der Waals surface area contributed by atoms with Gasteiger partial charge in [0.25, 0.3) is 5.91 Å². The minimum atomic E-state index is -3.66. The van der Waals surface area contributed by atoms with E-state index in [9.17, 15) is 22.0 Å². The van der Waals surface area contributed by atoms with Gasteiger partial charge in [0, 0.05) is 23.2 Å². The normalized spacial score (nSPS) is 13.8. The van der Waals surface area contributed by atoms with Crippen molar-refractivity contribution in [2.75, 3.05) is 0 Å². The first-order valence-electron chi connectivity index (χ1n) is 8.52. The van der Waals surface area contributed by atoms with Gasteiger partial charge in [-0.3, -0.25) is 4.79 Å². The Bertz CT molecular complexity index is 915. The lowest BCUT2D eigenvalue weighted by atomic mass is 10.1. The van der Waals surface area contributed by atoms with E-state index in [1.165, 1.54) is 30.3 Å². The summed E-state index contributed by atoms with van der Waals surface area (Å²) in [6.07, 6.45) is 0.650. The zero-order chi connectivity index (χ0) is 20.2. The van der Waals surface area contributed by atoms with E-state index in [4.69, 9.17) is 0 Å². The number of carbonyl (C=O) groups is 1. The molecule has 0 aliphatic carbocycles. The van der Waals surface area contributed by atoms with Gasteiger partial charge in [-0.05, 0) is 50.6 Å². The first kappa shape index (κ1) is 21.0. The summed E-state index contributed by atoms with van der Waals surface area (Å²) in [6.45, 7) is 5.20. The van der Waals surface area contributed by atoms with Gasteiger partial charge in [-0.25, -0.2) is 21.9 Å². The van der Waals surface area contributed by atoms with Crippen molar-refractivity contribution in [3.8, 4) is 0 Å². The molecule has 0 spiro atoms. The number of halogens is 2. The van der Waals surface area contributed by atoms with Gasteiger partial charge in [0.2, 0.25) is 10.0 Å². The minimum absolute atomic E-state index is 0.0528. The number of amides is 1. The summed E-state index contributed by atoms with van der Waals surface area (Å²) >= 11 is 0. The van der Waals surface area contributed by atoms with Gasteiger partial charge in [0.15, 0.2) is 0 Å². The molecule has 2 atom stereocenters. The van der Waals surface area contributed by atoms with Crippen LogP contribution in [0, 0.1) is 11.6 Å². The molecule has 8 heteroatoms. The van der Waals surface area contributed by atoms with Crippen LogP contribution in [0.15, 0.2) is 47.4 Å². The highest BCUT2D eigenvalue weighted by Gasteiger charge is 2.18. The third-order valence-corrected chi connectivity index (χ3v) is 5.78. The Labute approximate surface area is 157 Å². The van der Waals surface area contributed by atoms with Gasteiger partial charge >= 0.3 is 0 Å². The molecule has 0 radical (unpaired) electrons. The summed E-state index contributed by atoms with van der Waals surface area (Å²) < 4.78 is 53.8. The maximum absolute atomic E-state index is 13.8. The average molecular weight is 396 g/mol. The molecule has 2 rings (SSSR count). The van der Waals surface area contributed by atoms with Crippen LogP contribution in [-0.2, 0) is 10.0 Å². The standard InChI is InChI=1S/C19H22F2N2O3S/c1-4-12(2)23-27(25,26)16-8-5-14(6-9-16)19(24)22-13(3)17-10-7-15(20)11-18(17)21/h5-13,23H,4H2,1-3H3,(H,22,24). The topological polar surface area (TPSA) is 75.3 Å². The molecule has 2 N–H and O–H groups in total. The molecule has 1 amide bonds. The smallest absolute Gasteiger partial charge is 0.251 e. The van der Waals surface area contributed by atoms with E-state index >= 15 is 0 Å². The van der Waals surface area contributed by atoms with Crippen molar-refractivity contribution in [1.82, 2.24) is 10.0 Å². The van der Waals surface area contributed by atoms with Crippen molar-refractivity contribution < 1.29 is 22.0 Å². The van der Waals surface area contributed by atoms with Crippen LogP contribution in [0.1, 0.15) is 49.2 Å². The summed E-state index contributed by atoms with van der Waals surface area (Å²) in [4.78, 5) is 12.4. The molecule has 2 aromatic rings. The van der Waals surface area contributed by atoms with E-state index in [1.807, 2.05) is 6.92 Å². The Kier molecular flexibility index (Phi) is 6.67. The molecule has 0 bridgehead atoms. The Balaban J connectivity index is 2.11. The largest absolute Gasteiger partial charge is 0.345 e. The molecule has 2 aromatic carbocycles. The molecule has 2 unspecified atom stereocenters. The SMILES string of the molecule is CCC(C)NS(=O)(=O)c1ccc(C(=O)NC(C)c2ccc(F)cc2F)cc1. The van der Waals surface area contributed by atoms with E-state index < -0.39 is 33.6 Å². The van der Waals surface area contributed by atoms with Crippen molar-refractivity contribution in [3.63, 3.8) is 0 Å². The summed E-state index contributed by atoms with van der Waals surface area (Å²) in [6, 6.07) is 7.69. The van der Waals surface area contributed by atoms with E-state index in [1.54, 1.807) is 13.8 Å². The fourth-order valence-electron chi connectivity index (χ4n) is 2.41. The number of sulfonamides is 1. The lowest BCUT2D eigenvalue weighted by Gasteiger charge is -2.16. The second kappa shape index (κ2) is 8.58. The van der Waals surface area contributed by atoms with Gasteiger partial charge in [-0.1, -0.05) is 13.0 Å². The van der Waals surface area contributed by atoms with Gasteiger partial charge in [0.05, 0.1) is 10.9 Å². The molecular weight excluding hydrogens is 374 g/mol. The molecule has 0 aromatic heterocycles. The molecule has 27 heavy (non-hydrogen) atoms. The molecule has 0 aliphatic rings. The van der Waals surface area contributed by atoms with E-state index in [-0.39, 0.29) is 22.1 Å². The van der Waals surface area contributed by atoms with Crippen LogP contribution < -0.4 is 10.0 Å². The fraction of sp³-hybridized carbons (Fsp3) is 0.316.